The molecule has 0 amide bonds. The lowest BCUT2D eigenvalue weighted by Crippen LogP contribution is -2.36. The third-order valence-corrected chi connectivity index (χ3v) is 2.48. The van der Waals surface area contributed by atoms with Gasteiger partial charge in [-0.1, -0.05) is 26.0 Å². The monoisotopic (exact) mass is 237 g/mol. The van der Waals surface area contributed by atoms with Crippen LogP contribution in [-0.2, 0) is 4.74 Å². The third-order valence-electron chi connectivity index (χ3n) is 2.48. The lowest BCUT2D eigenvalue weighted by atomic mass is 10.2. The summed E-state index contributed by atoms with van der Waals surface area (Å²) in [5.41, 5.74) is 4.14. The number of ether oxygens (including phenoxy) is 1. The zero-order valence-corrected chi connectivity index (χ0v) is 11.0. The van der Waals surface area contributed by atoms with Crippen molar-refractivity contribution in [2.75, 3.05) is 6.61 Å². The first kappa shape index (κ1) is 14.0. The van der Waals surface area contributed by atoms with Crippen molar-refractivity contribution in [3.05, 3.63) is 29.8 Å². The molecule has 0 bridgehead atoms. The number of hydrogen-bond acceptors (Lipinski definition) is 3. The Bertz CT molecular complexity index is 309. The fraction of sp³-hybridized carbons (Fsp3) is 0.571. The summed E-state index contributed by atoms with van der Waals surface area (Å²) >= 11 is 0. The van der Waals surface area contributed by atoms with Gasteiger partial charge in [-0.05, 0) is 43.9 Å². The van der Waals surface area contributed by atoms with Crippen molar-refractivity contribution < 1.29 is 9.57 Å². The maximum atomic E-state index is 5.49. The van der Waals surface area contributed by atoms with Crippen LogP contribution < -0.4 is 10.3 Å². The van der Waals surface area contributed by atoms with E-state index >= 15 is 0 Å². The van der Waals surface area contributed by atoms with Crippen molar-refractivity contribution in [2.24, 2.45) is 0 Å². The minimum atomic E-state index is 0.0410. The first-order valence-electron chi connectivity index (χ1n) is 6.45. The fourth-order valence-electron chi connectivity index (χ4n) is 1.65. The molecule has 0 spiro atoms. The van der Waals surface area contributed by atoms with E-state index in [0.29, 0.717) is 0 Å². The average Bonchev–Trinajstić information content (AvgIpc) is 2.40. The van der Waals surface area contributed by atoms with E-state index in [2.05, 4.69) is 5.48 Å². The van der Waals surface area contributed by atoms with Gasteiger partial charge in [0.15, 0.2) is 0 Å². The van der Waals surface area contributed by atoms with Crippen molar-refractivity contribution in [3.8, 4) is 5.75 Å². The molecule has 96 valence electrons. The van der Waals surface area contributed by atoms with Crippen LogP contribution in [-0.4, -0.2) is 12.8 Å². The molecule has 1 aromatic rings. The fourth-order valence-corrected chi connectivity index (χ4v) is 1.65. The summed E-state index contributed by atoms with van der Waals surface area (Å²) < 4.78 is 5.49. The van der Waals surface area contributed by atoms with Crippen LogP contribution in [0.3, 0.4) is 0 Å². The average molecular weight is 237 g/mol. The molecular weight excluding hydrogens is 214 g/mol. The van der Waals surface area contributed by atoms with Crippen molar-refractivity contribution in [3.63, 3.8) is 0 Å². The molecule has 1 unspecified atom stereocenters. The van der Waals surface area contributed by atoms with Gasteiger partial charge in [0.25, 0.3) is 0 Å². The molecule has 3 nitrogen and oxygen atoms in total. The molecule has 2 rings (SSSR count). The molecule has 1 aromatic carbocycles. The lowest BCUT2D eigenvalue weighted by molar-refractivity contribution is -0.0641. The minimum Gasteiger partial charge on any atom is -0.406 e. The topological polar surface area (TPSA) is 30.5 Å². The van der Waals surface area contributed by atoms with E-state index < -0.39 is 0 Å². The summed E-state index contributed by atoms with van der Waals surface area (Å²) in [4.78, 5) is 5.45. The number of benzene rings is 1. The van der Waals surface area contributed by atoms with Crippen LogP contribution in [0, 0.1) is 6.92 Å². The van der Waals surface area contributed by atoms with E-state index in [1.807, 2.05) is 45.0 Å². The van der Waals surface area contributed by atoms with Crippen LogP contribution in [0.2, 0.25) is 0 Å². The van der Waals surface area contributed by atoms with Gasteiger partial charge < -0.3 is 9.57 Å². The molecule has 0 saturated carbocycles. The zero-order chi connectivity index (χ0) is 12.5. The highest BCUT2D eigenvalue weighted by molar-refractivity contribution is 5.27. The molecule has 1 saturated heterocycles. The quantitative estimate of drug-likeness (QED) is 0.817. The normalized spacial score (nSPS) is 19.1. The number of hydroxylamine groups is 1. The van der Waals surface area contributed by atoms with Gasteiger partial charge in [0.05, 0.1) is 0 Å². The Hall–Kier alpha value is -1.06. The molecule has 1 aliphatic rings. The van der Waals surface area contributed by atoms with Gasteiger partial charge in [-0.3, -0.25) is 0 Å². The second-order valence-corrected chi connectivity index (χ2v) is 3.89. The molecule has 1 heterocycles. The maximum Gasteiger partial charge on any atom is 0.147 e. The van der Waals surface area contributed by atoms with E-state index in [1.165, 1.54) is 12.0 Å². The van der Waals surface area contributed by atoms with Crippen LogP contribution in [0.4, 0.5) is 0 Å². The SMILES string of the molecule is CC.Cc1cccc(ONC2CCCCO2)c1. The Morgan fingerprint density at radius 1 is 1.29 bits per heavy atom. The summed E-state index contributed by atoms with van der Waals surface area (Å²) in [7, 11) is 0. The Morgan fingerprint density at radius 3 is 2.76 bits per heavy atom. The van der Waals surface area contributed by atoms with Crippen molar-refractivity contribution in [2.45, 2.75) is 46.3 Å². The second-order valence-electron chi connectivity index (χ2n) is 3.89. The van der Waals surface area contributed by atoms with E-state index in [9.17, 15) is 0 Å². The maximum absolute atomic E-state index is 5.49. The van der Waals surface area contributed by atoms with Gasteiger partial charge in [-0.2, -0.15) is 0 Å². The summed E-state index contributed by atoms with van der Waals surface area (Å²) in [5, 5.41) is 0. The number of aryl methyl sites for hydroxylation is 1. The van der Waals surface area contributed by atoms with Gasteiger partial charge in [0.2, 0.25) is 0 Å². The van der Waals surface area contributed by atoms with Crippen molar-refractivity contribution in [1.29, 1.82) is 0 Å². The van der Waals surface area contributed by atoms with Crippen molar-refractivity contribution >= 4 is 0 Å². The molecule has 1 aliphatic heterocycles. The highest BCUT2D eigenvalue weighted by Crippen LogP contribution is 2.14. The van der Waals surface area contributed by atoms with Gasteiger partial charge in [-0.25, -0.2) is 0 Å². The second kappa shape index (κ2) is 8.09. The van der Waals surface area contributed by atoms with E-state index in [0.717, 1.165) is 25.2 Å². The number of hydrogen-bond donors (Lipinski definition) is 1. The molecule has 1 atom stereocenters. The summed E-state index contributed by atoms with van der Waals surface area (Å²) in [5.74, 6) is 0.837. The predicted molar refractivity (Wildman–Crippen MR) is 69.9 cm³/mol. The Morgan fingerprint density at radius 2 is 2.12 bits per heavy atom. The molecule has 0 radical (unpaired) electrons. The molecule has 1 N–H and O–H groups in total. The Balaban J connectivity index is 0.000000686. The standard InChI is InChI=1S/C12H17NO2.C2H6/c1-10-5-4-6-11(9-10)15-13-12-7-2-3-8-14-12;1-2/h4-6,9,12-13H,2-3,7-8H2,1H3;1-2H3. The first-order chi connectivity index (χ1) is 8.34. The number of rotatable bonds is 3. The molecule has 3 heteroatoms. The van der Waals surface area contributed by atoms with Gasteiger partial charge in [-0.15, -0.1) is 5.48 Å². The largest absolute Gasteiger partial charge is 0.406 e. The van der Waals surface area contributed by atoms with Gasteiger partial charge in [0, 0.05) is 6.61 Å². The van der Waals surface area contributed by atoms with Gasteiger partial charge in [0.1, 0.15) is 12.0 Å². The lowest BCUT2D eigenvalue weighted by Gasteiger charge is -2.23. The van der Waals surface area contributed by atoms with Crippen molar-refractivity contribution in [1.82, 2.24) is 5.48 Å². The molecule has 1 fully saturated rings. The van der Waals surface area contributed by atoms with Crippen LogP contribution in [0.5, 0.6) is 5.75 Å². The number of nitrogens with one attached hydrogen (secondary N) is 1. The van der Waals surface area contributed by atoms with Crippen LogP contribution in [0.25, 0.3) is 0 Å². The third kappa shape index (κ3) is 5.20. The minimum absolute atomic E-state index is 0.0410. The molecule has 0 aromatic heterocycles. The zero-order valence-electron chi connectivity index (χ0n) is 11.0. The molecule has 0 aliphatic carbocycles. The van der Waals surface area contributed by atoms with E-state index in [-0.39, 0.29) is 6.23 Å². The van der Waals surface area contributed by atoms with Crippen LogP contribution in [0.1, 0.15) is 38.7 Å². The first-order valence-corrected chi connectivity index (χ1v) is 6.45. The highest BCUT2D eigenvalue weighted by Gasteiger charge is 2.13. The van der Waals surface area contributed by atoms with E-state index in [4.69, 9.17) is 9.57 Å². The smallest absolute Gasteiger partial charge is 0.147 e. The summed E-state index contributed by atoms with van der Waals surface area (Å²) in [6.45, 7) is 6.87. The predicted octanol–water partition coefficient (Wildman–Crippen LogP) is 3.43. The highest BCUT2D eigenvalue weighted by atomic mass is 16.7. The van der Waals surface area contributed by atoms with Gasteiger partial charge >= 0.3 is 0 Å². The van der Waals surface area contributed by atoms with Crippen LogP contribution in [0.15, 0.2) is 24.3 Å². The summed E-state index contributed by atoms with van der Waals surface area (Å²) in [6.07, 6.45) is 3.42. The van der Waals surface area contributed by atoms with E-state index in [1.54, 1.807) is 0 Å². The molecular formula is C14H23NO2. The Kier molecular flexibility index (Phi) is 6.67. The molecule has 17 heavy (non-hydrogen) atoms. The van der Waals surface area contributed by atoms with Crippen LogP contribution >= 0.6 is 0 Å². The summed E-state index contributed by atoms with van der Waals surface area (Å²) in [6, 6.07) is 7.96. The Labute approximate surface area is 104 Å².